The second kappa shape index (κ2) is 4.39. The summed E-state index contributed by atoms with van der Waals surface area (Å²) < 4.78 is 24.8. The molecule has 0 radical (unpaired) electrons. The van der Waals surface area contributed by atoms with E-state index in [9.17, 15) is 13.6 Å². The van der Waals surface area contributed by atoms with Crippen LogP contribution in [0.3, 0.4) is 0 Å². The molecule has 0 unspecified atom stereocenters. The maximum Gasteiger partial charge on any atom is 0.337 e. The lowest BCUT2D eigenvalue weighted by molar-refractivity contribution is 0.0696. The molecule has 1 aromatic rings. The van der Waals surface area contributed by atoms with Crippen molar-refractivity contribution in [2.45, 2.75) is 0 Å². The molecule has 0 atom stereocenters. The van der Waals surface area contributed by atoms with Crippen molar-refractivity contribution in [3.05, 3.63) is 34.4 Å². The molecule has 6 heteroatoms. The summed E-state index contributed by atoms with van der Waals surface area (Å²) in [6, 6.07) is 1.17. The Morgan fingerprint density at radius 1 is 1.31 bits per heavy atom. The fourth-order valence-corrected chi connectivity index (χ4v) is 0.918. The lowest BCUT2D eigenvalue weighted by atomic mass is 10.2. The maximum absolute atomic E-state index is 12.4. The van der Waals surface area contributed by atoms with Gasteiger partial charge in [-0.2, -0.15) is 0 Å². The number of carboxylic acid groups (broad SMARTS) is 1. The van der Waals surface area contributed by atoms with Crippen LogP contribution in [-0.4, -0.2) is 11.1 Å². The first-order valence-corrected chi connectivity index (χ1v) is 3.28. The fraction of sp³-hybridized carbons (Fsp3) is 0. The summed E-state index contributed by atoms with van der Waals surface area (Å²) in [7, 11) is 0. The molecule has 0 bridgehead atoms. The highest BCUT2D eigenvalue weighted by molar-refractivity contribution is 6.33. The van der Waals surface area contributed by atoms with E-state index in [2.05, 4.69) is 0 Å². The Labute approximate surface area is 83.5 Å². The van der Waals surface area contributed by atoms with Gasteiger partial charge in [-0.25, -0.2) is 13.6 Å². The van der Waals surface area contributed by atoms with Crippen LogP contribution in [0, 0.1) is 11.6 Å². The van der Waals surface area contributed by atoms with Crippen LogP contribution >= 0.6 is 24.0 Å². The van der Waals surface area contributed by atoms with Crippen molar-refractivity contribution >= 4 is 30.0 Å². The van der Waals surface area contributed by atoms with Crippen LogP contribution in [0.25, 0.3) is 0 Å². The first-order chi connectivity index (χ1) is 5.52. The molecule has 0 fully saturated rings. The molecule has 72 valence electrons. The molecular formula is C7H4Cl2F2O2. The minimum Gasteiger partial charge on any atom is -0.478 e. The molecule has 0 spiro atoms. The number of hydrogen-bond donors (Lipinski definition) is 1. The van der Waals surface area contributed by atoms with Gasteiger partial charge in [0.2, 0.25) is 0 Å². The molecule has 2 nitrogen and oxygen atoms in total. The van der Waals surface area contributed by atoms with Crippen LogP contribution in [0.15, 0.2) is 12.1 Å². The molecular weight excluding hydrogens is 225 g/mol. The van der Waals surface area contributed by atoms with Crippen LogP contribution in [0.2, 0.25) is 5.02 Å². The number of aromatic carboxylic acids is 1. The van der Waals surface area contributed by atoms with Crippen LogP contribution < -0.4 is 0 Å². The summed E-state index contributed by atoms with van der Waals surface area (Å²) in [6.07, 6.45) is 0. The number of halogens is 4. The lowest BCUT2D eigenvalue weighted by Gasteiger charge is -1.98. The Balaban J connectivity index is 0.00000144. The predicted octanol–water partition coefficient (Wildman–Crippen LogP) is 2.74. The van der Waals surface area contributed by atoms with Crippen molar-refractivity contribution < 1.29 is 18.7 Å². The molecule has 1 rings (SSSR count). The largest absolute Gasteiger partial charge is 0.478 e. The van der Waals surface area contributed by atoms with Crippen LogP contribution in [0.5, 0.6) is 0 Å². The summed E-state index contributed by atoms with van der Waals surface area (Å²) in [5, 5.41) is 8.09. The summed E-state index contributed by atoms with van der Waals surface area (Å²) in [5.74, 6) is -3.78. The lowest BCUT2D eigenvalue weighted by Crippen LogP contribution is -1.99. The number of hydrogen-bond acceptors (Lipinski definition) is 1. The summed E-state index contributed by atoms with van der Waals surface area (Å²) >= 11 is 5.31. The zero-order valence-corrected chi connectivity index (χ0v) is 7.62. The van der Waals surface area contributed by atoms with Crippen LogP contribution in [-0.2, 0) is 0 Å². The number of benzene rings is 1. The van der Waals surface area contributed by atoms with Gasteiger partial charge in [0, 0.05) is 0 Å². The quantitative estimate of drug-likeness (QED) is 0.751. The molecule has 0 amide bonds. The SMILES string of the molecule is Cl.O=C(O)c1cc(F)c(F)cc1Cl. The third kappa shape index (κ3) is 2.54. The van der Waals surface area contributed by atoms with Crippen molar-refractivity contribution in [2.24, 2.45) is 0 Å². The Hall–Kier alpha value is -0.870. The predicted molar refractivity (Wildman–Crippen MR) is 45.6 cm³/mol. The van der Waals surface area contributed by atoms with E-state index in [1.54, 1.807) is 0 Å². The Kier molecular flexibility index (Phi) is 4.10. The topological polar surface area (TPSA) is 37.3 Å². The van der Waals surface area contributed by atoms with Gasteiger partial charge in [-0.3, -0.25) is 0 Å². The molecule has 0 saturated heterocycles. The average molecular weight is 229 g/mol. The summed E-state index contributed by atoms with van der Waals surface area (Å²) in [5.41, 5.74) is -0.449. The van der Waals surface area contributed by atoms with Crippen LogP contribution in [0.4, 0.5) is 8.78 Å². The molecule has 0 aliphatic heterocycles. The van der Waals surface area contributed by atoms with E-state index in [1.807, 2.05) is 0 Å². The van der Waals surface area contributed by atoms with Gasteiger partial charge in [0.15, 0.2) is 11.6 Å². The van der Waals surface area contributed by atoms with Gasteiger partial charge in [0.1, 0.15) is 0 Å². The third-order valence-electron chi connectivity index (χ3n) is 1.24. The maximum atomic E-state index is 12.4. The fourth-order valence-electron chi connectivity index (χ4n) is 0.686. The van der Waals surface area contributed by atoms with E-state index in [0.717, 1.165) is 0 Å². The molecule has 0 aliphatic carbocycles. The van der Waals surface area contributed by atoms with Gasteiger partial charge in [-0.05, 0) is 12.1 Å². The van der Waals surface area contributed by atoms with Crippen molar-refractivity contribution in [2.75, 3.05) is 0 Å². The standard InChI is InChI=1S/C7H3ClF2O2.ClH/c8-4-2-6(10)5(9)1-3(4)7(11)12;/h1-2H,(H,11,12);1H. The number of carbonyl (C=O) groups is 1. The molecule has 0 aromatic heterocycles. The van der Waals surface area contributed by atoms with E-state index in [4.69, 9.17) is 16.7 Å². The number of rotatable bonds is 1. The Morgan fingerprint density at radius 3 is 2.23 bits per heavy atom. The second-order valence-electron chi connectivity index (χ2n) is 2.05. The third-order valence-corrected chi connectivity index (χ3v) is 1.55. The zero-order chi connectivity index (χ0) is 9.30. The van der Waals surface area contributed by atoms with E-state index in [-0.39, 0.29) is 17.4 Å². The van der Waals surface area contributed by atoms with E-state index in [0.29, 0.717) is 12.1 Å². The molecule has 0 heterocycles. The number of carboxylic acids is 1. The van der Waals surface area contributed by atoms with Crippen molar-refractivity contribution in [3.8, 4) is 0 Å². The van der Waals surface area contributed by atoms with E-state index >= 15 is 0 Å². The molecule has 0 saturated carbocycles. The van der Waals surface area contributed by atoms with E-state index < -0.39 is 23.2 Å². The minimum absolute atomic E-state index is 0. The van der Waals surface area contributed by atoms with E-state index in [1.165, 1.54) is 0 Å². The van der Waals surface area contributed by atoms with Gasteiger partial charge in [0.05, 0.1) is 10.6 Å². The average Bonchev–Trinajstić information content (AvgIpc) is 1.96. The first kappa shape index (κ1) is 12.1. The zero-order valence-electron chi connectivity index (χ0n) is 6.05. The van der Waals surface area contributed by atoms with Crippen molar-refractivity contribution in [1.29, 1.82) is 0 Å². The van der Waals surface area contributed by atoms with Gasteiger partial charge in [-0.15, -0.1) is 12.4 Å². The minimum atomic E-state index is -1.39. The highest BCUT2D eigenvalue weighted by atomic mass is 35.5. The van der Waals surface area contributed by atoms with Crippen LogP contribution in [0.1, 0.15) is 10.4 Å². The summed E-state index contributed by atoms with van der Waals surface area (Å²) in [4.78, 5) is 10.3. The smallest absolute Gasteiger partial charge is 0.337 e. The summed E-state index contributed by atoms with van der Waals surface area (Å²) in [6.45, 7) is 0. The molecule has 13 heavy (non-hydrogen) atoms. The van der Waals surface area contributed by atoms with Gasteiger partial charge in [0.25, 0.3) is 0 Å². The van der Waals surface area contributed by atoms with Gasteiger partial charge >= 0.3 is 5.97 Å². The highest BCUT2D eigenvalue weighted by Gasteiger charge is 2.13. The Morgan fingerprint density at radius 2 is 1.77 bits per heavy atom. The first-order valence-electron chi connectivity index (χ1n) is 2.90. The second-order valence-corrected chi connectivity index (χ2v) is 2.46. The van der Waals surface area contributed by atoms with Crippen molar-refractivity contribution in [3.63, 3.8) is 0 Å². The molecule has 1 aromatic carbocycles. The van der Waals surface area contributed by atoms with Gasteiger partial charge < -0.3 is 5.11 Å². The molecule has 0 aliphatic rings. The monoisotopic (exact) mass is 228 g/mol. The Bertz CT molecular complexity index is 342. The van der Waals surface area contributed by atoms with Gasteiger partial charge in [-0.1, -0.05) is 11.6 Å². The highest BCUT2D eigenvalue weighted by Crippen LogP contribution is 2.19. The normalized spacial score (nSPS) is 9.15. The molecule has 1 N–H and O–H groups in total. The van der Waals surface area contributed by atoms with Crippen molar-refractivity contribution in [1.82, 2.24) is 0 Å².